The van der Waals surface area contributed by atoms with E-state index in [0.29, 0.717) is 40.2 Å². The van der Waals surface area contributed by atoms with Gasteiger partial charge in [0, 0.05) is 28.8 Å². The Labute approximate surface area is 169 Å². The Hall–Kier alpha value is -3.73. The second-order valence-electron chi connectivity index (χ2n) is 6.85. The maximum absolute atomic E-state index is 10.6. The van der Waals surface area contributed by atoms with Crippen molar-refractivity contribution < 1.29 is 15.3 Å². The van der Waals surface area contributed by atoms with Crippen molar-refractivity contribution in [2.45, 2.75) is 19.9 Å². The molecule has 4 aromatic rings. The summed E-state index contributed by atoms with van der Waals surface area (Å²) in [4.78, 5) is 0. The summed E-state index contributed by atoms with van der Waals surface area (Å²) in [5.74, 6) is 0.344. The lowest BCUT2D eigenvalue weighted by atomic mass is 9.94. The van der Waals surface area contributed by atoms with Gasteiger partial charge in [-0.1, -0.05) is 49.4 Å². The van der Waals surface area contributed by atoms with Gasteiger partial charge in [-0.15, -0.1) is 0 Å². The van der Waals surface area contributed by atoms with Crippen molar-refractivity contribution in [2.75, 3.05) is 0 Å². The van der Waals surface area contributed by atoms with E-state index in [0.717, 1.165) is 6.42 Å². The number of aromatic hydroxyl groups is 3. The zero-order valence-corrected chi connectivity index (χ0v) is 16.1. The molecule has 3 N–H and O–H groups in total. The molecule has 0 spiro atoms. The number of phenols is 3. The predicted molar refractivity (Wildman–Crippen MR) is 114 cm³/mol. The predicted octanol–water partition coefficient (Wildman–Crippen LogP) is 5.41. The molecule has 1 aromatic heterocycles. The quantitative estimate of drug-likeness (QED) is 0.428. The van der Waals surface area contributed by atoms with Crippen molar-refractivity contribution in [3.8, 4) is 50.9 Å². The highest BCUT2D eigenvalue weighted by Crippen LogP contribution is 2.46. The number of phenolic OH excluding ortho intramolecular Hbond substituents is 3. The van der Waals surface area contributed by atoms with E-state index >= 15 is 0 Å². The maximum atomic E-state index is 10.6. The maximum Gasteiger partial charge on any atom is 0.125 e. The van der Waals surface area contributed by atoms with Crippen LogP contribution in [0, 0.1) is 0 Å². The van der Waals surface area contributed by atoms with Gasteiger partial charge in [0.1, 0.15) is 22.9 Å². The summed E-state index contributed by atoms with van der Waals surface area (Å²) in [6.45, 7) is 2.67. The number of para-hydroxylation sites is 3. The van der Waals surface area contributed by atoms with Crippen LogP contribution in [0.5, 0.6) is 17.2 Å². The summed E-state index contributed by atoms with van der Waals surface area (Å²) < 4.78 is 1.83. The van der Waals surface area contributed by atoms with Gasteiger partial charge in [-0.05, 0) is 36.8 Å². The molecule has 0 amide bonds. The average Bonchev–Trinajstić information content (AvgIpc) is 3.08. The molecule has 0 aliphatic heterocycles. The molecule has 0 fully saturated rings. The molecule has 0 saturated heterocycles. The molecule has 0 aliphatic rings. The van der Waals surface area contributed by atoms with E-state index in [4.69, 9.17) is 5.10 Å². The van der Waals surface area contributed by atoms with E-state index in [2.05, 4.69) is 6.92 Å². The molecule has 146 valence electrons. The van der Waals surface area contributed by atoms with Crippen LogP contribution in [0.4, 0.5) is 0 Å². The summed E-state index contributed by atoms with van der Waals surface area (Å²) in [7, 11) is 0. The van der Waals surface area contributed by atoms with Crippen molar-refractivity contribution >= 4 is 0 Å². The van der Waals surface area contributed by atoms with Gasteiger partial charge in [0.15, 0.2) is 0 Å². The van der Waals surface area contributed by atoms with E-state index < -0.39 is 0 Å². The van der Waals surface area contributed by atoms with Crippen LogP contribution in [0.15, 0.2) is 72.8 Å². The normalized spacial score (nSPS) is 10.9. The lowest BCUT2D eigenvalue weighted by molar-refractivity contribution is 0.475. The number of aryl methyl sites for hydroxylation is 1. The van der Waals surface area contributed by atoms with E-state index in [1.54, 1.807) is 42.5 Å². The first-order valence-corrected chi connectivity index (χ1v) is 9.57. The highest BCUT2D eigenvalue weighted by molar-refractivity contribution is 5.95. The highest BCUT2D eigenvalue weighted by atomic mass is 16.3. The van der Waals surface area contributed by atoms with E-state index in [1.807, 2.05) is 35.0 Å². The monoisotopic (exact) mass is 386 g/mol. The fourth-order valence-electron chi connectivity index (χ4n) is 3.59. The molecular formula is C24H22N2O3. The van der Waals surface area contributed by atoms with Crippen LogP contribution >= 0.6 is 0 Å². The molecule has 5 nitrogen and oxygen atoms in total. The number of hydrogen-bond donors (Lipinski definition) is 3. The third-order valence-electron chi connectivity index (χ3n) is 4.88. The summed E-state index contributed by atoms with van der Waals surface area (Å²) in [5, 5.41) is 36.5. The standard InChI is InChI=1S/C24H22N2O3/c1-2-15-26-24(18-11-5-8-14-21(18)29)22(16-9-3-6-12-19(16)27)23(25-26)17-10-4-7-13-20(17)28/h3-14,27-29H,2,15H2,1H3. The zero-order valence-electron chi connectivity index (χ0n) is 16.1. The Balaban J connectivity index is 2.13. The molecule has 1 heterocycles. The van der Waals surface area contributed by atoms with Crippen molar-refractivity contribution in [3.63, 3.8) is 0 Å². The van der Waals surface area contributed by atoms with Crippen LogP contribution in [0.25, 0.3) is 33.6 Å². The molecule has 3 aromatic carbocycles. The molecule has 0 atom stereocenters. The van der Waals surface area contributed by atoms with Crippen LogP contribution in [0.2, 0.25) is 0 Å². The van der Waals surface area contributed by atoms with Gasteiger partial charge in [-0.25, -0.2) is 0 Å². The Bertz CT molecular complexity index is 1160. The Morgan fingerprint density at radius 3 is 1.69 bits per heavy atom. The topological polar surface area (TPSA) is 78.5 Å². The van der Waals surface area contributed by atoms with Crippen molar-refractivity contribution in [1.82, 2.24) is 9.78 Å². The number of nitrogens with zero attached hydrogens (tertiary/aromatic N) is 2. The van der Waals surface area contributed by atoms with Crippen LogP contribution in [-0.2, 0) is 6.54 Å². The van der Waals surface area contributed by atoms with Gasteiger partial charge >= 0.3 is 0 Å². The smallest absolute Gasteiger partial charge is 0.125 e. The Morgan fingerprint density at radius 1 is 0.690 bits per heavy atom. The van der Waals surface area contributed by atoms with Crippen molar-refractivity contribution in [2.24, 2.45) is 0 Å². The fourth-order valence-corrected chi connectivity index (χ4v) is 3.59. The second-order valence-corrected chi connectivity index (χ2v) is 6.85. The van der Waals surface area contributed by atoms with Gasteiger partial charge < -0.3 is 15.3 Å². The van der Waals surface area contributed by atoms with Crippen LogP contribution < -0.4 is 0 Å². The van der Waals surface area contributed by atoms with Gasteiger partial charge in [-0.2, -0.15) is 5.10 Å². The van der Waals surface area contributed by atoms with E-state index in [-0.39, 0.29) is 17.2 Å². The Morgan fingerprint density at radius 2 is 1.17 bits per heavy atom. The molecule has 4 rings (SSSR count). The first-order valence-electron chi connectivity index (χ1n) is 9.57. The largest absolute Gasteiger partial charge is 0.507 e. The molecule has 5 heteroatoms. The minimum Gasteiger partial charge on any atom is -0.507 e. The first-order chi connectivity index (χ1) is 14.1. The van der Waals surface area contributed by atoms with Crippen molar-refractivity contribution in [3.05, 3.63) is 72.8 Å². The number of hydrogen-bond acceptors (Lipinski definition) is 4. The number of rotatable bonds is 5. The molecule has 29 heavy (non-hydrogen) atoms. The van der Waals surface area contributed by atoms with Gasteiger partial charge in [0.25, 0.3) is 0 Å². The molecular weight excluding hydrogens is 364 g/mol. The summed E-state index contributed by atoms with van der Waals surface area (Å²) in [5.41, 5.74) is 3.69. The lowest BCUT2D eigenvalue weighted by Crippen LogP contribution is -2.02. The van der Waals surface area contributed by atoms with E-state index in [1.165, 1.54) is 0 Å². The summed E-state index contributed by atoms with van der Waals surface area (Å²) in [6, 6.07) is 21.1. The minimum absolute atomic E-state index is 0.106. The summed E-state index contributed by atoms with van der Waals surface area (Å²) >= 11 is 0. The second kappa shape index (κ2) is 7.72. The molecule has 0 unspecified atom stereocenters. The third-order valence-corrected chi connectivity index (χ3v) is 4.88. The summed E-state index contributed by atoms with van der Waals surface area (Å²) in [6.07, 6.45) is 0.836. The Kier molecular flexibility index (Phi) is 4.96. The van der Waals surface area contributed by atoms with Crippen LogP contribution in [0.1, 0.15) is 13.3 Å². The highest BCUT2D eigenvalue weighted by Gasteiger charge is 2.26. The van der Waals surface area contributed by atoms with Crippen LogP contribution in [-0.4, -0.2) is 25.1 Å². The molecule has 0 aliphatic carbocycles. The van der Waals surface area contributed by atoms with Gasteiger partial charge in [0.05, 0.1) is 5.69 Å². The van der Waals surface area contributed by atoms with Crippen LogP contribution in [0.3, 0.4) is 0 Å². The van der Waals surface area contributed by atoms with Crippen molar-refractivity contribution in [1.29, 1.82) is 0 Å². The third kappa shape index (κ3) is 3.31. The zero-order chi connectivity index (χ0) is 20.4. The first kappa shape index (κ1) is 18.6. The van der Waals surface area contributed by atoms with E-state index in [9.17, 15) is 15.3 Å². The average molecular weight is 386 g/mol. The number of aromatic nitrogens is 2. The number of benzene rings is 3. The molecule has 0 radical (unpaired) electrons. The van der Waals surface area contributed by atoms with Gasteiger partial charge in [0.2, 0.25) is 0 Å². The lowest BCUT2D eigenvalue weighted by Gasteiger charge is -2.12. The minimum atomic E-state index is 0.106. The fraction of sp³-hybridized carbons (Fsp3) is 0.125. The molecule has 0 saturated carbocycles. The van der Waals surface area contributed by atoms with Gasteiger partial charge in [-0.3, -0.25) is 4.68 Å². The molecule has 0 bridgehead atoms. The SMILES string of the molecule is CCCn1nc(-c2ccccc2O)c(-c2ccccc2O)c1-c1ccccc1O.